The number of nitrogens with zero attached hydrogens (tertiary/aromatic N) is 6. The molecule has 27 aromatic rings. The molecule has 0 aliphatic carbocycles. The second-order valence-electron chi connectivity index (χ2n) is 35.9. The van der Waals surface area contributed by atoms with Gasteiger partial charge in [-0.05, 0) is 308 Å². The number of rotatable bonds is 6. The second-order valence-corrected chi connectivity index (χ2v) is 35.9. The Kier molecular flexibility index (Phi) is 16.7. The summed E-state index contributed by atoms with van der Waals surface area (Å²) in [5.74, 6) is 7.91. The van der Waals surface area contributed by atoms with Crippen LogP contribution >= 0.6 is 0 Å². The molecule has 630 valence electrons. The van der Waals surface area contributed by atoms with Crippen molar-refractivity contribution in [1.82, 2.24) is 28.7 Å². The summed E-state index contributed by atoms with van der Waals surface area (Å²) in [4.78, 5) is 14.4. The van der Waals surface area contributed by atoms with Gasteiger partial charge in [-0.3, -0.25) is 13.7 Å². The maximum Gasteiger partial charge on any atom is 0.153 e. The molecule has 3 aliphatic rings. The maximum absolute atomic E-state index is 6.57. The van der Waals surface area contributed by atoms with Gasteiger partial charge in [0.1, 0.15) is 34.0 Å². The summed E-state index contributed by atoms with van der Waals surface area (Å²) in [5, 5.41) is 30.0. The third-order valence-electron chi connectivity index (χ3n) is 28.5. The Hall–Kier alpha value is -17.8. The molecule has 0 saturated carbocycles. The summed E-state index contributed by atoms with van der Waals surface area (Å²) >= 11 is 0. The molecule has 6 heterocycles. The van der Waals surface area contributed by atoms with Gasteiger partial charge in [0.15, 0.2) is 34.5 Å². The summed E-state index contributed by atoms with van der Waals surface area (Å²) in [6.07, 6.45) is 0. The first-order valence-electron chi connectivity index (χ1n) is 46.2. The molecule has 24 aromatic carbocycles. The van der Waals surface area contributed by atoms with Crippen LogP contribution in [0.4, 0.5) is 0 Å². The monoisotopic (exact) mass is 1720 g/mol. The van der Waals surface area contributed by atoms with E-state index in [4.69, 9.17) is 29.2 Å². The van der Waals surface area contributed by atoms with Gasteiger partial charge in [-0.1, -0.05) is 328 Å². The van der Waals surface area contributed by atoms with E-state index in [0.717, 1.165) is 119 Å². The molecule has 0 atom stereocenters. The molecule has 3 aliphatic heterocycles. The van der Waals surface area contributed by atoms with Crippen LogP contribution in [0.25, 0.3) is 246 Å². The summed E-state index contributed by atoms with van der Waals surface area (Å²) in [5.41, 5.74) is 23.5. The van der Waals surface area contributed by atoms with E-state index in [-0.39, 0.29) is 0 Å². The number of aromatic nitrogens is 6. The fourth-order valence-corrected chi connectivity index (χ4v) is 22.7. The van der Waals surface area contributed by atoms with Crippen molar-refractivity contribution < 1.29 is 14.2 Å². The first-order chi connectivity index (χ1) is 66.7. The SMILES string of the molecule is Cc1nc2cccc3c2n1-c1ccc(-c2c4ccccc4c(-c4cc5ccccc5c5ccccc45)c4ccccc24)cc1O3.Cc1nc2cccc3c2n1-c1ccc(-c2c4ccccc4c(-c4ccc5c(ccc6ccccc65)c4)c4ccccc24)cc1O3.Cc1nc2cccc3c2n1-c1ccc(-c2c4ccccc4c(-c4ccc5ccc6ccccc6c5c4)c4ccccc24)cc1O3. The number of para-hydroxylation sites is 3. The zero-order chi connectivity index (χ0) is 88.9. The average Bonchev–Trinajstić information content (AvgIpc) is 1.57. The summed E-state index contributed by atoms with van der Waals surface area (Å²) in [6.45, 7) is 6.17. The Morgan fingerprint density at radius 1 is 0.170 bits per heavy atom. The second kappa shape index (κ2) is 29.6. The molecule has 30 rings (SSSR count). The molecule has 0 N–H and O–H groups in total. The van der Waals surface area contributed by atoms with E-state index in [1.807, 2.05) is 54.6 Å². The topological polar surface area (TPSA) is 81.1 Å². The van der Waals surface area contributed by atoms with Crippen molar-refractivity contribution in [2.75, 3.05) is 0 Å². The van der Waals surface area contributed by atoms with Gasteiger partial charge in [-0.2, -0.15) is 0 Å². The quantitative estimate of drug-likeness (QED) is 0.122. The van der Waals surface area contributed by atoms with Crippen LogP contribution in [0.2, 0.25) is 0 Å². The van der Waals surface area contributed by atoms with Crippen molar-refractivity contribution in [3.63, 3.8) is 0 Å². The lowest BCUT2D eigenvalue weighted by Crippen LogP contribution is -2.05. The predicted octanol–water partition coefficient (Wildman–Crippen LogP) is 34.2. The number of fused-ring (bicyclic) bond motifs is 21. The molecule has 0 bridgehead atoms. The maximum atomic E-state index is 6.57. The molecular weight excluding hydrogens is 1650 g/mol. The number of hydrogen-bond acceptors (Lipinski definition) is 6. The Morgan fingerprint density at radius 3 is 0.800 bits per heavy atom. The van der Waals surface area contributed by atoms with E-state index in [0.29, 0.717) is 0 Å². The minimum atomic E-state index is 0.839. The van der Waals surface area contributed by atoms with Gasteiger partial charge in [0.05, 0.1) is 33.6 Å². The highest BCUT2D eigenvalue weighted by molar-refractivity contribution is 6.28. The number of imidazole rings is 3. The van der Waals surface area contributed by atoms with Gasteiger partial charge in [0, 0.05) is 0 Å². The van der Waals surface area contributed by atoms with Crippen molar-refractivity contribution in [1.29, 1.82) is 0 Å². The number of hydrogen-bond donors (Lipinski definition) is 0. The summed E-state index contributed by atoms with van der Waals surface area (Å²) in [7, 11) is 0. The van der Waals surface area contributed by atoms with Crippen LogP contribution < -0.4 is 14.2 Å². The molecule has 9 nitrogen and oxygen atoms in total. The van der Waals surface area contributed by atoms with Gasteiger partial charge in [-0.15, -0.1) is 0 Å². The van der Waals surface area contributed by atoms with Crippen molar-refractivity contribution >= 4 is 162 Å². The van der Waals surface area contributed by atoms with Crippen LogP contribution in [-0.4, -0.2) is 28.7 Å². The average molecular weight is 1720 g/mol. The van der Waals surface area contributed by atoms with Crippen LogP contribution in [0, 0.1) is 20.8 Å². The fraction of sp³-hybridized carbons (Fsp3) is 0.0238. The van der Waals surface area contributed by atoms with Gasteiger partial charge in [0.25, 0.3) is 0 Å². The highest BCUT2D eigenvalue weighted by Crippen LogP contribution is 2.55. The number of aryl methyl sites for hydroxylation is 3. The lowest BCUT2D eigenvalue weighted by atomic mass is 9.84. The van der Waals surface area contributed by atoms with E-state index in [2.05, 4.69) is 398 Å². The van der Waals surface area contributed by atoms with Crippen molar-refractivity contribution in [2.24, 2.45) is 0 Å². The van der Waals surface area contributed by atoms with E-state index < -0.39 is 0 Å². The third kappa shape index (κ3) is 11.6. The Balaban J connectivity index is 0.000000101. The molecule has 9 heteroatoms. The van der Waals surface area contributed by atoms with Gasteiger partial charge >= 0.3 is 0 Å². The van der Waals surface area contributed by atoms with Crippen LogP contribution in [0.3, 0.4) is 0 Å². The lowest BCUT2D eigenvalue weighted by molar-refractivity contribution is 0.475. The molecule has 0 saturated heterocycles. The van der Waals surface area contributed by atoms with E-state index in [1.165, 1.54) is 179 Å². The van der Waals surface area contributed by atoms with Crippen molar-refractivity contribution in [2.45, 2.75) is 20.8 Å². The summed E-state index contributed by atoms with van der Waals surface area (Å²) in [6, 6.07) is 151. The van der Waals surface area contributed by atoms with E-state index in [1.54, 1.807) is 0 Å². The van der Waals surface area contributed by atoms with E-state index >= 15 is 0 Å². The van der Waals surface area contributed by atoms with Crippen molar-refractivity contribution in [3.8, 4) is 118 Å². The predicted molar refractivity (Wildman–Crippen MR) is 560 cm³/mol. The van der Waals surface area contributed by atoms with E-state index in [9.17, 15) is 0 Å². The molecule has 135 heavy (non-hydrogen) atoms. The van der Waals surface area contributed by atoms with Gasteiger partial charge < -0.3 is 14.2 Å². The fourth-order valence-electron chi connectivity index (χ4n) is 22.7. The standard InChI is InChI=1S/3C42H26N2O/c1-25-43-36-15-8-16-38-42(36)44(25)37-22-20-29(24-39(37)45-38)41-34-13-6-4-11-32(34)40(33-12-5-7-14-35(33)41)28-19-21-31-27(23-28)18-17-26-9-2-3-10-30(26)31;1-25-43-36-15-8-16-38-42(36)44(25)37-22-21-29(24-39(37)45-38)41-33-13-6-4-11-31(33)40(32-12-5-7-14-34(32)41)28-20-19-27-18-17-26-9-2-3-10-30(26)35(27)23-28;1-25-43-36-19-10-20-38-42(36)44(25)37-22-21-27(24-39(37)45-38)40-31-15-6-8-17-33(31)41(34-18-9-7-16-32(34)40)35-23-26-11-2-3-12-28(26)29-13-4-5-14-30(29)35/h3*2-24H,1H3. The van der Waals surface area contributed by atoms with Crippen LogP contribution in [-0.2, 0) is 0 Å². The number of benzene rings is 24. The first kappa shape index (κ1) is 76.1. The minimum absolute atomic E-state index is 0.839. The zero-order valence-electron chi connectivity index (χ0n) is 73.7. The zero-order valence-corrected chi connectivity index (χ0v) is 73.7. The molecule has 3 aromatic heterocycles. The van der Waals surface area contributed by atoms with Gasteiger partial charge in [-0.25, -0.2) is 15.0 Å². The molecule has 0 unspecified atom stereocenters. The number of ether oxygens (including phenoxy) is 3. The first-order valence-corrected chi connectivity index (χ1v) is 46.2. The normalized spacial score (nSPS) is 12.3. The Morgan fingerprint density at radius 2 is 0.422 bits per heavy atom. The molecular formula is C126H78N6O3. The lowest BCUT2D eigenvalue weighted by Gasteiger charge is -2.23. The smallest absolute Gasteiger partial charge is 0.153 e. The van der Waals surface area contributed by atoms with Crippen LogP contribution in [0.5, 0.6) is 34.5 Å². The van der Waals surface area contributed by atoms with Gasteiger partial charge in [0.2, 0.25) is 0 Å². The highest BCUT2D eigenvalue weighted by atomic mass is 16.5. The molecule has 0 radical (unpaired) electrons. The molecule has 0 amide bonds. The molecule has 0 fully saturated rings. The van der Waals surface area contributed by atoms with Crippen LogP contribution in [0.1, 0.15) is 17.5 Å². The van der Waals surface area contributed by atoms with Crippen molar-refractivity contribution in [3.05, 3.63) is 436 Å². The Labute approximate surface area is 775 Å². The Bertz CT molecular complexity index is 9700. The largest absolute Gasteiger partial charge is 0.453 e. The highest BCUT2D eigenvalue weighted by Gasteiger charge is 2.31. The van der Waals surface area contributed by atoms with Crippen LogP contribution in [0.15, 0.2) is 419 Å². The minimum Gasteiger partial charge on any atom is -0.453 e. The summed E-state index contributed by atoms with van der Waals surface area (Å²) < 4.78 is 26.3. The third-order valence-corrected chi connectivity index (χ3v) is 28.5. The molecule has 0 spiro atoms.